The van der Waals surface area contributed by atoms with Gasteiger partial charge in [0.25, 0.3) is 5.91 Å². The minimum absolute atomic E-state index is 0.116. The number of aryl methyl sites for hydroxylation is 1. The van der Waals surface area contributed by atoms with Crippen molar-refractivity contribution >= 4 is 11.9 Å². The number of aromatic nitrogens is 3. The molecule has 2 heterocycles. The van der Waals surface area contributed by atoms with Gasteiger partial charge in [-0.05, 0) is 30.5 Å². The average Bonchev–Trinajstić information content (AvgIpc) is 2.99. The van der Waals surface area contributed by atoms with E-state index in [1.54, 1.807) is 6.07 Å². The van der Waals surface area contributed by atoms with E-state index in [4.69, 9.17) is 0 Å². The summed E-state index contributed by atoms with van der Waals surface area (Å²) < 4.78 is 1.85. The summed E-state index contributed by atoms with van der Waals surface area (Å²) in [7, 11) is 0. The number of rotatable bonds is 6. The third-order valence-corrected chi connectivity index (χ3v) is 4.68. The van der Waals surface area contributed by atoms with Crippen LogP contribution in [-0.4, -0.2) is 49.2 Å². The quantitative estimate of drug-likeness (QED) is 0.797. The lowest BCUT2D eigenvalue weighted by Crippen LogP contribution is -2.47. The van der Waals surface area contributed by atoms with Gasteiger partial charge in [-0.2, -0.15) is 0 Å². The monoisotopic (exact) mass is 371 g/mol. The van der Waals surface area contributed by atoms with Crippen molar-refractivity contribution in [1.82, 2.24) is 25.0 Å². The summed E-state index contributed by atoms with van der Waals surface area (Å²) in [4.78, 5) is 25.9. The summed E-state index contributed by atoms with van der Waals surface area (Å²) in [6, 6.07) is 6.66. The summed E-state index contributed by atoms with van der Waals surface area (Å²) in [5.74, 6) is 0.868. The Morgan fingerprint density at radius 2 is 2.11 bits per heavy atom. The summed E-state index contributed by atoms with van der Waals surface area (Å²) in [6.45, 7) is 7.67. The van der Waals surface area contributed by atoms with E-state index in [1.807, 2.05) is 48.4 Å². The van der Waals surface area contributed by atoms with Crippen molar-refractivity contribution in [2.75, 3.05) is 6.54 Å². The second-order valence-electron chi connectivity index (χ2n) is 7.34. The number of hydrogen-bond acceptors (Lipinski definition) is 5. The first-order chi connectivity index (χ1) is 12.8. The van der Waals surface area contributed by atoms with Gasteiger partial charge < -0.3 is 15.0 Å². The summed E-state index contributed by atoms with van der Waals surface area (Å²) in [6.07, 6.45) is 0. The molecule has 8 nitrogen and oxygen atoms in total. The Bertz CT molecular complexity index is 846. The number of amides is 1. The lowest BCUT2D eigenvalue weighted by atomic mass is 10.1. The van der Waals surface area contributed by atoms with Crippen molar-refractivity contribution < 1.29 is 14.7 Å². The zero-order chi connectivity index (χ0) is 19.6. The maximum absolute atomic E-state index is 12.3. The van der Waals surface area contributed by atoms with E-state index in [1.165, 1.54) is 0 Å². The molecule has 144 valence electrons. The van der Waals surface area contributed by atoms with E-state index < -0.39 is 12.0 Å². The lowest BCUT2D eigenvalue weighted by molar-refractivity contribution is -0.145. The number of nitrogens with one attached hydrogen (secondary N) is 1. The van der Waals surface area contributed by atoms with Gasteiger partial charge in [-0.25, -0.2) is 0 Å². The number of benzene rings is 1. The molecule has 2 N–H and O–H groups in total. The fourth-order valence-corrected chi connectivity index (χ4v) is 3.20. The molecule has 0 aliphatic carbocycles. The van der Waals surface area contributed by atoms with Crippen LogP contribution >= 0.6 is 0 Å². The summed E-state index contributed by atoms with van der Waals surface area (Å²) >= 11 is 0. The number of aliphatic carboxylic acids is 1. The number of nitrogens with zero attached hydrogens (tertiary/aromatic N) is 4. The molecular weight excluding hydrogens is 346 g/mol. The van der Waals surface area contributed by atoms with Crippen LogP contribution in [0.1, 0.15) is 41.4 Å². The van der Waals surface area contributed by atoms with Crippen LogP contribution in [0, 0.1) is 12.8 Å². The summed E-state index contributed by atoms with van der Waals surface area (Å²) in [5, 5.41) is 20.7. The first-order valence-corrected chi connectivity index (χ1v) is 9.08. The van der Waals surface area contributed by atoms with Crippen LogP contribution in [0.15, 0.2) is 24.3 Å². The second-order valence-corrected chi connectivity index (χ2v) is 7.34. The molecule has 8 heteroatoms. The number of carbonyl (C=O) groups is 2. The van der Waals surface area contributed by atoms with Gasteiger partial charge in [0.15, 0.2) is 0 Å². The van der Waals surface area contributed by atoms with Crippen molar-refractivity contribution in [1.29, 1.82) is 0 Å². The fourth-order valence-electron chi connectivity index (χ4n) is 3.20. The van der Waals surface area contributed by atoms with Gasteiger partial charge in [0.05, 0.1) is 13.1 Å². The number of fused-ring (bicyclic) bond motifs is 1. The molecule has 1 aliphatic rings. The molecule has 0 fully saturated rings. The number of carbonyl (C=O) groups excluding carboxylic acids is 1. The van der Waals surface area contributed by atoms with E-state index in [2.05, 4.69) is 15.5 Å². The van der Waals surface area contributed by atoms with Crippen molar-refractivity contribution in [3.8, 4) is 0 Å². The molecule has 27 heavy (non-hydrogen) atoms. The lowest BCUT2D eigenvalue weighted by Gasteiger charge is -2.33. The molecule has 0 bridgehead atoms. The van der Waals surface area contributed by atoms with Gasteiger partial charge >= 0.3 is 5.97 Å². The zero-order valence-corrected chi connectivity index (χ0v) is 15.8. The van der Waals surface area contributed by atoms with Crippen LogP contribution in [0.2, 0.25) is 0 Å². The van der Waals surface area contributed by atoms with Crippen LogP contribution in [-0.2, 0) is 24.4 Å². The van der Waals surface area contributed by atoms with Crippen LogP contribution in [0.5, 0.6) is 0 Å². The SMILES string of the molecule is Cc1nnc2n1CC(C(=O)O)N(Cc1cccc(C(=O)NCC(C)C)c1)C2. The van der Waals surface area contributed by atoms with E-state index >= 15 is 0 Å². The van der Waals surface area contributed by atoms with Crippen molar-refractivity contribution in [3.05, 3.63) is 47.0 Å². The Morgan fingerprint density at radius 1 is 1.33 bits per heavy atom. The zero-order valence-electron chi connectivity index (χ0n) is 15.8. The van der Waals surface area contributed by atoms with E-state index in [0.717, 1.165) is 17.2 Å². The van der Waals surface area contributed by atoms with E-state index in [-0.39, 0.29) is 5.91 Å². The number of hydrogen-bond donors (Lipinski definition) is 2. The van der Waals surface area contributed by atoms with Crippen LogP contribution in [0.4, 0.5) is 0 Å². The molecule has 1 aromatic heterocycles. The first kappa shape index (κ1) is 19.0. The molecule has 1 aliphatic heterocycles. The van der Waals surface area contributed by atoms with Gasteiger partial charge in [0, 0.05) is 18.7 Å². The Kier molecular flexibility index (Phi) is 5.55. The molecule has 2 aromatic rings. The molecule has 0 saturated heterocycles. The summed E-state index contributed by atoms with van der Waals surface area (Å²) in [5.41, 5.74) is 1.47. The fraction of sp³-hybridized carbons (Fsp3) is 0.474. The number of carboxylic acid groups (broad SMARTS) is 1. The van der Waals surface area contributed by atoms with Crippen molar-refractivity contribution in [2.45, 2.75) is 46.4 Å². The van der Waals surface area contributed by atoms with Crippen LogP contribution in [0.3, 0.4) is 0 Å². The molecule has 0 radical (unpaired) electrons. The first-order valence-electron chi connectivity index (χ1n) is 9.08. The van der Waals surface area contributed by atoms with Gasteiger partial charge in [-0.15, -0.1) is 10.2 Å². The van der Waals surface area contributed by atoms with E-state index in [9.17, 15) is 14.7 Å². The Hall–Kier alpha value is -2.74. The van der Waals surface area contributed by atoms with E-state index in [0.29, 0.717) is 37.7 Å². The normalized spacial score (nSPS) is 17.0. The third-order valence-electron chi connectivity index (χ3n) is 4.68. The number of carboxylic acids is 1. The molecule has 0 spiro atoms. The maximum atomic E-state index is 12.3. The smallest absolute Gasteiger partial charge is 0.322 e. The molecule has 1 aromatic carbocycles. The highest BCUT2D eigenvalue weighted by Crippen LogP contribution is 2.21. The molecule has 3 rings (SSSR count). The Labute approximate surface area is 158 Å². The largest absolute Gasteiger partial charge is 0.480 e. The molecule has 1 amide bonds. The van der Waals surface area contributed by atoms with Crippen LogP contribution < -0.4 is 5.32 Å². The second kappa shape index (κ2) is 7.87. The molecule has 1 atom stereocenters. The molecular formula is C19H25N5O3. The van der Waals surface area contributed by atoms with Gasteiger partial charge in [0.2, 0.25) is 0 Å². The minimum atomic E-state index is -0.875. The molecule has 1 unspecified atom stereocenters. The van der Waals surface area contributed by atoms with Crippen molar-refractivity contribution in [3.63, 3.8) is 0 Å². The minimum Gasteiger partial charge on any atom is -0.480 e. The van der Waals surface area contributed by atoms with Gasteiger partial charge in [-0.3, -0.25) is 14.5 Å². The highest BCUT2D eigenvalue weighted by atomic mass is 16.4. The average molecular weight is 371 g/mol. The van der Waals surface area contributed by atoms with Crippen molar-refractivity contribution in [2.24, 2.45) is 5.92 Å². The highest BCUT2D eigenvalue weighted by Gasteiger charge is 2.33. The van der Waals surface area contributed by atoms with Gasteiger partial charge in [0.1, 0.15) is 17.7 Å². The maximum Gasteiger partial charge on any atom is 0.322 e. The Morgan fingerprint density at radius 3 is 2.81 bits per heavy atom. The predicted octanol–water partition coefficient (Wildman–Crippen LogP) is 1.44. The molecule has 0 saturated carbocycles. The predicted molar refractivity (Wildman–Crippen MR) is 99.0 cm³/mol. The standard InChI is InChI=1S/C19H25N5O3/c1-12(2)8-20-18(25)15-6-4-5-14(7-15)9-23-11-17-22-21-13(3)24(17)10-16(23)19(26)27/h4-7,12,16H,8-11H2,1-3H3,(H,20,25)(H,26,27). The van der Waals surface area contributed by atoms with Crippen LogP contribution in [0.25, 0.3) is 0 Å². The van der Waals surface area contributed by atoms with Gasteiger partial charge in [-0.1, -0.05) is 26.0 Å². The topological polar surface area (TPSA) is 100 Å². The Balaban J connectivity index is 1.76. The third kappa shape index (κ3) is 4.33. The highest BCUT2D eigenvalue weighted by molar-refractivity contribution is 5.94.